The van der Waals surface area contributed by atoms with Gasteiger partial charge in [-0.1, -0.05) is 36.4 Å². The number of rotatable bonds is 4. The molecular formula is C20H18O8. The van der Waals surface area contributed by atoms with Crippen molar-refractivity contribution >= 4 is 11.0 Å². The van der Waals surface area contributed by atoms with Crippen LogP contribution < -0.4 is 10.2 Å². The van der Waals surface area contributed by atoms with Gasteiger partial charge < -0.3 is 34.3 Å². The first kappa shape index (κ1) is 18.5. The minimum absolute atomic E-state index is 0.0797. The fraction of sp³-hybridized carbons (Fsp3) is 0.250. The maximum atomic E-state index is 13.1. The number of hydrogen-bond acceptors (Lipinski definition) is 8. The summed E-state index contributed by atoms with van der Waals surface area (Å²) < 4.78 is 16.8. The first-order chi connectivity index (χ1) is 13.5. The molecule has 0 radical (unpaired) electrons. The lowest BCUT2D eigenvalue weighted by Crippen LogP contribution is -2.36. The summed E-state index contributed by atoms with van der Waals surface area (Å²) in [6, 6.07) is 13.1. The summed E-state index contributed by atoms with van der Waals surface area (Å²) in [4.78, 5) is 13.1. The van der Waals surface area contributed by atoms with E-state index in [0.29, 0.717) is 5.56 Å². The van der Waals surface area contributed by atoms with Crippen LogP contribution in [0, 0.1) is 0 Å². The normalized spacial score (nSPS) is 24.5. The first-order valence-corrected chi connectivity index (χ1v) is 8.64. The molecular weight excluding hydrogens is 368 g/mol. The number of aromatic hydroxyl groups is 1. The number of phenolic OH excluding ortho intramolecular Hbond substituents is 1. The van der Waals surface area contributed by atoms with Gasteiger partial charge in [0.1, 0.15) is 35.0 Å². The summed E-state index contributed by atoms with van der Waals surface area (Å²) in [6.45, 7) is -0.531. The third-order valence-electron chi connectivity index (χ3n) is 4.62. The van der Waals surface area contributed by atoms with E-state index in [0.717, 1.165) is 0 Å². The number of aliphatic hydroxyl groups excluding tert-OH is 3. The molecule has 4 N–H and O–H groups in total. The molecule has 1 aliphatic rings. The molecule has 0 aliphatic carbocycles. The van der Waals surface area contributed by atoms with Gasteiger partial charge in [-0.2, -0.15) is 0 Å². The van der Waals surface area contributed by atoms with Crippen molar-refractivity contribution in [1.82, 2.24) is 0 Å². The second kappa shape index (κ2) is 7.25. The molecule has 1 fully saturated rings. The van der Waals surface area contributed by atoms with Gasteiger partial charge in [0.15, 0.2) is 5.76 Å². The van der Waals surface area contributed by atoms with Gasteiger partial charge in [-0.05, 0) is 12.1 Å². The highest BCUT2D eigenvalue weighted by molar-refractivity contribution is 5.86. The van der Waals surface area contributed by atoms with Crippen LogP contribution in [0.25, 0.3) is 22.3 Å². The van der Waals surface area contributed by atoms with Crippen LogP contribution in [0.15, 0.2) is 57.7 Å². The molecule has 0 saturated carbocycles. The number of aliphatic hydroxyl groups is 3. The molecule has 146 valence electrons. The van der Waals surface area contributed by atoms with Crippen molar-refractivity contribution in [2.24, 2.45) is 0 Å². The van der Waals surface area contributed by atoms with Gasteiger partial charge >= 0.3 is 0 Å². The Labute approximate surface area is 158 Å². The van der Waals surface area contributed by atoms with Crippen LogP contribution in [0.5, 0.6) is 11.5 Å². The van der Waals surface area contributed by atoms with E-state index < -0.39 is 36.6 Å². The zero-order valence-electron chi connectivity index (χ0n) is 14.6. The molecule has 1 aliphatic heterocycles. The van der Waals surface area contributed by atoms with Crippen molar-refractivity contribution < 1.29 is 34.3 Å². The Morgan fingerprint density at radius 1 is 1.00 bits per heavy atom. The van der Waals surface area contributed by atoms with Gasteiger partial charge in [0.05, 0.1) is 6.61 Å². The number of benzene rings is 2. The minimum Gasteiger partial charge on any atom is -0.507 e. The number of hydrogen-bond donors (Lipinski definition) is 4. The van der Waals surface area contributed by atoms with Crippen molar-refractivity contribution in [3.8, 4) is 22.8 Å². The quantitative estimate of drug-likeness (QED) is 0.522. The summed E-state index contributed by atoms with van der Waals surface area (Å²) in [5.41, 5.74) is 0.0416. The highest BCUT2D eigenvalue weighted by atomic mass is 16.7. The van der Waals surface area contributed by atoms with Crippen LogP contribution in [0.3, 0.4) is 0 Å². The van der Waals surface area contributed by atoms with Crippen molar-refractivity contribution in [3.63, 3.8) is 0 Å². The zero-order chi connectivity index (χ0) is 19.8. The Bertz CT molecular complexity index is 1050. The highest BCUT2D eigenvalue weighted by Crippen LogP contribution is 2.35. The van der Waals surface area contributed by atoms with Gasteiger partial charge in [0.25, 0.3) is 0 Å². The van der Waals surface area contributed by atoms with Crippen LogP contribution in [-0.2, 0) is 4.74 Å². The molecule has 1 aromatic heterocycles. The monoisotopic (exact) mass is 386 g/mol. The standard InChI is InChI=1S/C20H18O8/c21-9-13-15(23)17(25)20(27-13)28-19-16(24)14-11(22)7-4-8-12(14)26-18(19)10-5-2-1-3-6-10/h1-8,13,15,17,20-23,25H,9H2/t13-,15-,17-,20+/m1/s1. The summed E-state index contributed by atoms with van der Waals surface area (Å²) in [7, 11) is 0. The van der Waals surface area contributed by atoms with E-state index in [1.54, 1.807) is 42.5 Å². The second-order valence-corrected chi connectivity index (χ2v) is 6.43. The van der Waals surface area contributed by atoms with Crippen molar-refractivity contribution in [3.05, 3.63) is 58.8 Å². The maximum absolute atomic E-state index is 13.1. The molecule has 0 bridgehead atoms. The predicted molar refractivity (Wildman–Crippen MR) is 98.0 cm³/mol. The van der Waals surface area contributed by atoms with Gasteiger partial charge in [-0.15, -0.1) is 0 Å². The topological polar surface area (TPSA) is 130 Å². The number of fused-ring (bicyclic) bond motifs is 1. The smallest absolute Gasteiger partial charge is 0.239 e. The Morgan fingerprint density at radius 2 is 1.75 bits per heavy atom. The van der Waals surface area contributed by atoms with Crippen LogP contribution in [0.4, 0.5) is 0 Å². The highest BCUT2D eigenvalue weighted by Gasteiger charge is 2.44. The third kappa shape index (κ3) is 3.02. The summed E-state index contributed by atoms with van der Waals surface area (Å²) in [5.74, 6) is -0.478. The van der Waals surface area contributed by atoms with E-state index in [1.807, 2.05) is 0 Å². The van der Waals surface area contributed by atoms with Crippen LogP contribution in [-0.4, -0.2) is 51.6 Å². The lowest BCUT2D eigenvalue weighted by Gasteiger charge is -2.18. The molecule has 0 unspecified atom stereocenters. The Kier molecular flexibility index (Phi) is 4.78. The van der Waals surface area contributed by atoms with Crippen LogP contribution >= 0.6 is 0 Å². The average molecular weight is 386 g/mol. The predicted octanol–water partition coefficient (Wildman–Crippen LogP) is 0.983. The summed E-state index contributed by atoms with van der Waals surface area (Å²) in [5, 5.41) is 39.3. The van der Waals surface area contributed by atoms with Crippen molar-refractivity contribution in [2.75, 3.05) is 6.61 Å². The molecule has 28 heavy (non-hydrogen) atoms. The lowest BCUT2D eigenvalue weighted by atomic mass is 10.1. The lowest BCUT2D eigenvalue weighted by molar-refractivity contribution is -0.117. The Balaban J connectivity index is 1.87. The molecule has 3 aromatic rings. The Hall–Kier alpha value is -2.91. The molecule has 4 rings (SSSR count). The fourth-order valence-corrected chi connectivity index (χ4v) is 3.17. The second-order valence-electron chi connectivity index (χ2n) is 6.43. The van der Waals surface area contributed by atoms with Gasteiger partial charge in [-0.25, -0.2) is 0 Å². The van der Waals surface area contributed by atoms with Gasteiger partial charge in [0, 0.05) is 5.56 Å². The molecule has 2 aromatic carbocycles. The van der Waals surface area contributed by atoms with E-state index in [-0.39, 0.29) is 28.2 Å². The number of ether oxygens (including phenoxy) is 2. The van der Waals surface area contributed by atoms with Crippen LogP contribution in [0.1, 0.15) is 0 Å². The molecule has 4 atom stereocenters. The van der Waals surface area contributed by atoms with Crippen molar-refractivity contribution in [1.29, 1.82) is 0 Å². The molecule has 2 heterocycles. The average Bonchev–Trinajstić information content (AvgIpc) is 2.98. The Morgan fingerprint density at radius 3 is 2.43 bits per heavy atom. The minimum atomic E-state index is -1.49. The van der Waals surface area contributed by atoms with E-state index in [1.165, 1.54) is 6.07 Å². The largest absolute Gasteiger partial charge is 0.507 e. The molecule has 8 heteroatoms. The van der Waals surface area contributed by atoms with E-state index in [9.17, 15) is 25.2 Å². The molecule has 8 nitrogen and oxygen atoms in total. The molecule has 1 saturated heterocycles. The van der Waals surface area contributed by atoms with E-state index in [4.69, 9.17) is 13.9 Å². The van der Waals surface area contributed by atoms with Crippen molar-refractivity contribution in [2.45, 2.75) is 24.6 Å². The van der Waals surface area contributed by atoms with Gasteiger partial charge in [0.2, 0.25) is 17.5 Å². The fourth-order valence-electron chi connectivity index (χ4n) is 3.17. The first-order valence-electron chi connectivity index (χ1n) is 8.64. The molecule has 0 spiro atoms. The summed E-state index contributed by atoms with van der Waals surface area (Å²) >= 11 is 0. The SMILES string of the molecule is O=c1c(O[C@@H]2O[C@H](CO)[C@@H](O)[C@H]2O)c(-c2ccccc2)oc2cccc(O)c12. The van der Waals surface area contributed by atoms with Crippen LogP contribution in [0.2, 0.25) is 0 Å². The third-order valence-corrected chi connectivity index (χ3v) is 4.62. The van der Waals surface area contributed by atoms with E-state index >= 15 is 0 Å². The molecule has 0 amide bonds. The number of phenols is 1. The maximum Gasteiger partial charge on any atom is 0.239 e. The van der Waals surface area contributed by atoms with Gasteiger partial charge in [-0.3, -0.25) is 4.79 Å². The van der Waals surface area contributed by atoms with E-state index in [2.05, 4.69) is 0 Å². The summed E-state index contributed by atoms with van der Waals surface area (Å²) in [6.07, 6.45) is -5.32. The zero-order valence-corrected chi connectivity index (χ0v) is 14.6.